The average molecular weight is 245 g/mol. The smallest absolute Gasteiger partial charge is 0.137 e. The van der Waals surface area contributed by atoms with Crippen LogP contribution in [0.5, 0.6) is 0 Å². The van der Waals surface area contributed by atoms with Crippen LogP contribution in [0.1, 0.15) is 43.0 Å². The van der Waals surface area contributed by atoms with Gasteiger partial charge in [0.1, 0.15) is 5.58 Å². The van der Waals surface area contributed by atoms with Crippen LogP contribution in [0.4, 0.5) is 0 Å². The zero-order valence-corrected chi connectivity index (χ0v) is 12.3. The summed E-state index contributed by atoms with van der Waals surface area (Å²) in [6, 6.07) is 2.24. The van der Waals surface area contributed by atoms with Gasteiger partial charge in [-0.25, -0.2) is 0 Å². The Hall–Kier alpha value is -1.28. The fraction of sp³-hybridized carbons (Fsp3) is 0.500. The quantitative estimate of drug-likeness (QED) is 0.855. The molecule has 1 N–H and O–H groups in total. The van der Waals surface area contributed by atoms with Gasteiger partial charge in [0.25, 0.3) is 0 Å². The molecule has 0 saturated carbocycles. The Kier molecular flexibility index (Phi) is 3.24. The third-order valence-corrected chi connectivity index (χ3v) is 3.44. The van der Waals surface area contributed by atoms with Gasteiger partial charge in [-0.3, -0.25) is 0 Å². The molecule has 0 radical (unpaired) electrons. The molecular formula is C16H23NO. The van der Waals surface area contributed by atoms with Gasteiger partial charge in [0.15, 0.2) is 0 Å². The van der Waals surface area contributed by atoms with E-state index in [2.05, 4.69) is 52.9 Å². The molecule has 0 aliphatic carbocycles. The Morgan fingerprint density at radius 2 is 1.78 bits per heavy atom. The highest BCUT2D eigenvalue weighted by Gasteiger charge is 2.15. The first kappa shape index (κ1) is 13.2. The van der Waals surface area contributed by atoms with E-state index in [-0.39, 0.29) is 5.54 Å². The van der Waals surface area contributed by atoms with Gasteiger partial charge < -0.3 is 9.73 Å². The van der Waals surface area contributed by atoms with E-state index in [1.165, 1.54) is 27.6 Å². The lowest BCUT2D eigenvalue weighted by molar-refractivity contribution is 0.423. The van der Waals surface area contributed by atoms with Crippen molar-refractivity contribution in [2.24, 2.45) is 0 Å². The van der Waals surface area contributed by atoms with Gasteiger partial charge in [0.2, 0.25) is 0 Å². The van der Waals surface area contributed by atoms with Crippen LogP contribution in [0.15, 0.2) is 16.7 Å². The molecule has 0 unspecified atom stereocenters. The molecule has 1 aromatic carbocycles. The minimum Gasteiger partial charge on any atom is -0.464 e. The number of furan rings is 1. The summed E-state index contributed by atoms with van der Waals surface area (Å²) in [7, 11) is 0. The largest absolute Gasteiger partial charge is 0.464 e. The molecule has 0 aliphatic heterocycles. The average Bonchev–Trinajstić information content (AvgIpc) is 2.66. The fourth-order valence-electron chi connectivity index (χ4n) is 2.28. The Morgan fingerprint density at radius 1 is 1.11 bits per heavy atom. The maximum atomic E-state index is 5.77. The van der Waals surface area contributed by atoms with Crippen LogP contribution in [-0.2, 0) is 6.54 Å². The maximum absolute atomic E-state index is 5.77. The predicted molar refractivity (Wildman–Crippen MR) is 77.0 cm³/mol. The number of rotatable bonds is 2. The van der Waals surface area contributed by atoms with Crippen molar-refractivity contribution in [3.05, 3.63) is 34.6 Å². The number of aryl methyl sites for hydroxylation is 3. The van der Waals surface area contributed by atoms with Crippen LogP contribution in [-0.4, -0.2) is 5.54 Å². The van der Waals surface area contributed by atoms with Crippen LogP contribution in [0, 0.1) is 20.8 Å². The van der Waals surface area contributed by atoms with Crippen LogP contribution in [0.2, 0.25) is 0 Å². The van der Waals surface area contributed by atoms with Crippen molar-refractivity contribution in [3.63, 3.8) is 0 Å². The van der Waals surface area contributed by atoms with Crippen molar-refractivity contribution in [2.45, 2.75) is 53.6 Å². The van der Waals surface area contributed by atoms with E-state index in [0.717, 1.165) is 12.1 Å². The van der Waals surface area contributed by atoms with Crippen LogP contribution in [0.3, 0.4) is 0 Å². The van der Waals surface area contributed by atoms with Gasteiger partial charge >= 0.3 is 0 Å². The molecule has 0 saturated heterocycles. The Bertz CT molecular complexity index is 573. The molecule has 0 spiro atoms. The minimum absolute atomic E-state index is 0.122. The summed E-state index contributed by atoms with van der Waals surface area (Å²) in [6.45, 7) is 13.8. The van der Waals surface area contributed by atoms with Crippen molar-refractivity contribution in [1.82, 2.24) is 5.32 Å². The van der Waals surface area contributed by atoms with E-state index >= 15 is 0 Å². The molecule has 1 heterocycles. The van der Waals surface area contributed by atoms with Crippen molar-refractivity contribution in [3.8, 4) is 0 Å². The first-order chi connectivity index (χ1) is 8.29. The van der Waals surface area contributed by atoms with Crippen molar-refractivity contribution in [2.75, 3.05) is 0 Å². The van der Waals surface area contributed by atoms with Gasteiger partial charge in [-0.1, -0.05) is 6.07 Å². The normalized spacial score (nSPS) is 12.3. The second-order valence-electron chi connectivity index (χ2n) is 6.20. The molecular weight excluding hydrogens is 222 g/mol. The standard InChI is InChI=1S/C16H23NO/c1-10-7-11(2)14-13(8-17-16(4,5)6)9-18-15(14)12(10)3/h7,9,17H,8H2,1-6H3. The highest BCUT2D eigenvalue weighted by Crippen LogP contribution is 2.30. The molecule has 0 atom stereocenters. The molecule has 0 aliphatic rings. The molecule has 1 aromatic heterocycles. The molecule has 0 fully saturated rings. The van der Waals surface area contributed by atoms with Crippen LogP contribution >= 0.6 is 0 Å². The third kappa shape index (κ3) is 2.44. The summed E-state index contributed by atoms with van der Waals surface area (Å²) in [5, 5.41) is 4.79. The Morgan fingerprint density at radius 3 is 2.39 bits per heavy atom. The molecule has 0 amide bonds. The third-order valence-electron chi connectivity index (χ3n) is 3.44. The van der Waals surface area contributed by atoms with E-state index in [9.17, 15) is 0 Å². The van der Waals surface area contributed by atoms with Gasteiger partial charge in [-0.15, -0.1) is 0 Å². The van der Waals surface area contributed by atoms with E-state index in [1.807, 2.05) is 6.26 Å². The topological polar surface area (TPSA) is 25.2 Å². The molecule has 18 heavy (non-hydrogen) atoms. The summed E-state index contributed by atoms with van der Waals surface area (Å²) in [6.07, 6.45) is 1.89. The van der Waals surface area contributed by atoms with Gasteiger partial charge in [0, 0.05) is 23.0 Å². The number of fused-ring (bicyclic) bond motifs is 1. The SMILES string of the molecule is Cc1cc(C)c2c(CNC(C)(C)C)coc2c1C. The van der Waals surface area contributed by atoms with Crippen LogP contribution in [0.25, 0.3) is 11.0 Å². The molecule has 98 valence electrons. The van der Waals surface area contributed by atoms with Crippen molar-refractivity contribution >= 4 is 11.0 Å². The number of hydrogen-bond acceptors (Lipinski definition) is 2. The minimum atomic E-state index is 0.122. The number of benzene rings is 1. The van der Waals surface area contributed by atoms with Gasteiger partial charge in [-0.2, -0.15) is 0 Å². The Labute approximate surface area is 109 Å². The predicted octanol–water partition coefficient (Wildman–Crippen LogP) is 4.25. The highest BCUT2D eigenvalue weighted by molar-refractivity contribution is 5.88. The lowest BCUT2D eigenvalue weighted by atomic mass is 9.99. The monoisotopic (exact) mass is 245 g/mol. The van der Waals surface area contributed by atoms with Crippen LogP contribution < -0.4 is 5.32 Å². The molecule has 2 aromatic rings. The first-order valence-electron chi connectivity index (χ1n) is 6.51. The first-order valence-corrected chi connectivity index (χ1v) is 6.51. The summed E-state index contributed by atoms with van der Waals surface area (Å²) in [5.74, 6) is 0. The van der Waals surface area contributed by atoms with E-state index in [0.29, 0.717) is 0 Å². The summed E-state index contributed by atoms with van der Waals surface area (Å²) in [5.41, 5.74) is 6.26. The van der Waals surface area contributed by atoms with E-state index < -0.39 is 0 Å². The zero-order valence-electron chi connectivity index (χ0n) is 12.3. The van der Waals surface area contributed by atoms with E-state index in [1.54, 1.807) is 0 Å². The molecule has 2 nitrogen and oxygen atoms in total. The van der Waals surface area contributed by atoms with Crippen molar-refractivity contribution < 1.29 is 4.42 Å². The number of hydrogen-bond donors (Lipinski definition) is 1. The summed E-state index contributed by atoms with van der Waals surface area (Å²) in [4.78, 5) is 0. The molecule has 2 rings (SSSR count). The molecule has 2 heteroatoms. The Balaban J connectivity index is 2.45. The van der Waals surface area contributed by atoms with Gasteiger partial charge in [0.05, 0.1) is 6.26 Å². The van der Waals surface area contributed by atoms with E-state index in [4.69, 9.17) is 4.42 Å². The zero-order chi connectivity index (χ0) is 13.5. The summed E-state index contributed by atoms with van der Waals surface area (Å²) >= 11 is 0. The maximum Gasteiger partial charge on any atom is 0.137 e. The number of nitrogens with one attached hydrogen (secondary N) is 1. The highest BCUT2D eigenvalue weighted by atomic mass is 16.3. The summed E-state index contributed by atoms with van der Waals surface area (Å²) < 4.78 is 5.77. The second kappa shape index (κ2) is 4.43. The lowest BCUT2D eigenvalue weighted by Crippen LogP contribution is -2.34. The molecule has 0 bridgehead atoms. The van der Waals surface area contributed by atoms with Crippen molar-refractivity contribution in [1.29, 1.82) is 0 Å². The fourth-order valence-corrected chi connectivity index (χ4v) is 2.28. The van der Waals surface area contributed by atoms with Gasteiger partial charge in [-0.05, 0) is 58.2 Å². The lowest BCUT2D eigenvalue weighted by Gasteiger charge is -2.20. The second-order valence-corrected chi connectivity index (χ2v) is 6.20.